The minimum Gasteiger partial charge on any atom is -0.352 e. The molecule has 1 amide bonds. The summed E-state index contributed by atoms with van der Waals surface area (Å²) < 4.78 is 26.2. The molecule has 1 aromatic carbocycles. The van der Waals surface area contributed by atoms with Gasteiger partial charge in [-0.3, -0.25) is 9.00 Å². The summed E-state index contributed by atoms with van der Waals surface area (Å²) >= 11 is 0. The van der Waals surface area contributed by atoms with Crippen LogP contribution in [0.15, 0.2) is 42.6 Å². The van der Waals surface area contributed by atoms with E-state index in [0.717, 1.165) is 16.9 Å². The van der Waals surface area contributed by atoms with Crippen molar-refractivity contribution in [1.82, 2.24) is 9.88 Å². The number of carbonyl (C=O) groups excluding carboxylic acids is 1. The van der Waals surface area contributed by atoms with E-state index < -0.39 is 9.52 Å². The molecule has 0 radical (unpaired) electrons. The molecule has 2 saturated heterocycles. The molecule has 2 aliphatic rings. The van der Waals surface area contributed by atoms with Crippen LogP contribution in [-0.2, 0) is 14.3 Å². The lowest BCUT2D eigenvalue weighted by atomic mass is 9.96. The fraction of sp³-hybridized carbons (Fsp3) is 0.435. The van der Waals surface area contributed by atoms with Gasteiger partial charge in [-0.2, -0.15) is 0 Å². The summed E-state index contributed by atoms with van der Waals surface area (Å²) in [6.45, 7) is 3.78. The molecule has 2 aromatic rings. The van der Waals surface area contributed by atoms with Crippen molar-refractivity contribution in [3.05, 3.63) is 59.5 Å². The van der Waals surface area contributed by atoms with E-state index in [4.69, 9.17) is 0 Å². The topological polar surface area (TPSA) is 53.5 Å². The van der Waals surface area contributed by atoms with Crippen LogP contribution in [-0.4, -0.2) is 57.0 Å². The number of rotatable bonds is 3. The summed E-state index contributed by atoms with van der Waals surface area (Å²) in [7, 11) is -2.04. The second-order valence-electron chi connectivity index (χ2n) is 8.39. The van der Waals surface area contributed by atoms with Gasteiger partial charge in [-0.1, -0.05) is 18.2 Å². The zero-order valence-corrected chi connectivity index (χ0v) is 18.1. The van der Waals surface area contributed by atoms with Crippen molar-refractivity contribution in [1.29, 1.82) is 0 Å². The van der Waals surface area contributed by atoms with Gasteiger partial charge >= 0.3 is 0 Å². The van der Waals surface area contributed by atoms with Crippen LogP contribution in [0, 0.1) is 18.7 Å². The van der Waals surface area contributed by atoms with Crippen molar-refractivity contribution in [3.8, 4) is 0 Å². The first-order valence-corrected chi connectivity index (χ1v) is 12.4. The largest absolute Gasteiger partial charge is 0.352 e. The number of nitrogens with zero attached hydrogens (tertiary/aromatic N) is 3. The predicted octanol–water partition coefficient (Wildman–Crippen LogP) is 3.05. The van der Waals surface area contributed by atoms with Crippen LogP contribution >= 0.6 is 0 Å². The molecule has 2 aliphatic heterocycles. The van der Waals surface area contributed by atoms with E-state index in [1.54, 1.807) is 6.07 Å². The number of pyridine rings is 1. The quantitative estimate of drug-likeness (QED) is 0.704. The first kappa shape index (κ1) is 20.8. The summed E-state index contributed by atoms with van der Waals surface area (Å²) in [6.07, 6.45) is 3.05. The molecule has 4 rings (SSSR count). The molecule has 30 heavy (non-hydrogen) atoms. The van der Waals surface area contributed by atoms with Crippen molar-refractivity contribution in [2.24, 2.45) is 5.92 Å². The van der Waals surface area contributed by atoms with Gasteiger partial charge in [0.2, 0.25) is 5.91 Å². The number of aromatic nitrogens is 1. The standard InChI is InChI=1S/C23H28FN3O2S/c1-17-6-7-22(25-15-17)26-10-11-27(21(16-26)19-4-3-5-20(24)14-19)23(28)18-8-12-30(2,29)13-9-18/h3-7,14-15,18,21H,2,8-13,16H2,1H3. The number of benzene rings is 1. The van der Waals surface area contributed by atoms with Crippen LogP contribution in [0.4, 0.5) is 10.2 Å². The molecule has 0 aliphatic carbocycles. The maximum atomic E-state index is 14.0. The highest BCUT2D eigenvalue weighted by atomic mass is 32.2. The molecular weight excluding hydrogens is 401 g/mol. The smallest absolute Gasteiger partial charge is 0.226 e. The zero-order valence-electron chi connectivity index (χ0n) is 17.3. The number of hydrogen-bond donors (Lipinski definition) is 0. The highest BCUT2D eigenvalue weighted by Crippen LogP contribution is 2.32. The number of aryl methyl sites for hydroxylation is 1. The molecule has 0 N–H and O–H groups in total. The van der Waals surface area contributed by atoms with Crippen LogP contribution in [0.5, 0.6) is 0 Å². The molecule has 160 valence electrons. The van der Waals surface area contributed by atoms with Crippen molar-refractivity contribution in [3.63, 3.8) is 0 Å². The molecule has 1 aromatic heterocycles. The maximum absolute atomic E-state index is 14.0. The SMILES string of the molecule is C=S1(=O)CCC(C(=O)N2CCN(c3ccc(C)cn3)CC2c2cccc(F)c2)CC1. The van der Waals surface area contributed by atoms with E-state index in [1.165, 1.54) is 12.1 Å². The molecule has 3 heterocycles. The zero-order chi connectivity index (χ0) is 21.3. The lowest BCUT2D eigenvalue weighted by Gasteiger charge is -2.44. The minimum atomic E-state index is -2.04. The molecule has 0 bridgehead atoms. The number of hydrogen-bond acceptors (Lipinski definition) is 4. The molecule has 2 fully saturated rings. The van der Waals surface area contributed by atoms with E-state index in [1.807, 2.05) is 36.2 Å². The second kappa shape index (κ2) is 8.38. The molecule has 0 spiro atoms. The van der Waals surface area contributed by atoms with Crippen LogP contribution < -0.4 is 4.90 Å². The molecule has 5 nitrogen and oxygen atoms in total. The van der Waals surface area contributed by atoms with Gasteiger partial charge in [-0.25, -0.2) is 9.37 Å². The molecule has 7 heteroatoms. The minimum absolute atomic E-state index is 0.0793. The average Bonchev–Trinajstić information content (AvgIpc) is 2.73. The van der Waals surface area contributed by atoms with Gasteiger partial charge in [-0.05, 0) is 64.5 Å². The Morgan fingerprint density at radius 3 is 2.63 bits per heavy atom. The van der Waals surface area contributed by atoms with Crippen LogP contribution in [0.2, 0.25) is 0 Å². The number of amides is 1. The average molecular weight is 430 g/mol. The van der Waals surface area contributed by atoms with E-state index in [-0.39, 0.29) is 23.7 Å². The fourth-order valence-corrected chi connectivity index (χ4v) is 5.98. The third kappa shape index (κ3) is 4.51. The van der Waals surface area contributed by atoms with Crippen LogP contribution in [0.3, 0.4) is 0 Å². The summed E-state index contributed by atoms with van der Waals surface area (Å²) in [5.74, 6) is 5.31. The highest BCUT2D eigenvalue weighted by molar-refractivity contribution is 8.00. The Labute approximate surface area is 177 Å². The molecule has 1 unspecified atom stereocenters. The Bertz CT molecular complexity index is 1010. The van der Waals surface area contributed by atoms with Crippen LogP contribution in [0.25, 0.3) is 0 Å². The van der Waals surface area contributed by atoms with Crippen molar-refractivity contribution in [2.75, 3.05) is 36.0 Å². The fourth-order valence-electron chi connectivity index (χ4n) is 4.34. The van der Waals surface area contributed by atoms with Gasteiger partial charge in [0.1, 0.15) is 11.6 Å². The molecule has 1 atom stereocenters. The Hall–Kier alpha value is -2.41. The number of anilines is 1. The summed E-state index contributed by atoms with van der Waals surface area (Å²) in [6, 6.07) is 10.3. The van der Waals surface area contributed by atoms with Gasteiger partial charge in [0.25, 0.3) is 0 Å². The summed E-state index contributed by atoms with van der Waals surface area (Å²) in [5, 5.41) is 0. The summed E-state index contributed by atoms with van der Waals surface area (Å²) in [5.41, 5.74) is 1.88. The molecule has 0 saturated carbocycles. The number of piperazine rings is 1. The first-order valence-electron chi connectivity index (χ1n) is 10.4. The predicted molar refractivity (Wildman–Crippen MR) is 120 cm³/mol. The number of halogens is 1. The van der Waals surface area contributed by atoms with E-state index in [0.29, 0.717) is 44.0 Å². The Kier molecular flexibility index (Phi) is 5.82. The van der Waals surface area contributed by atoms with Gasteiger partial charge in [0, 0.05) is 43.3 Å². The normalized spacial score (nSPS) is 27.1. The van der Waals surface area contributed by atoms with Crippen molar-refractivity contribution >= 4 is 27.1 Å². The Balaban J connectivity index is 1.59. The van der Waals surface area contributed by atoms with Gasteiger partial charge in [0.05, 0.1) is 6.04 Å². The lowest BCUT2D eigenvalue weighted by molar-refractivity contribution is -0.138. The Morgan fingerprint density at radius 1 is 1.20 bits per heavy atom. The summed E-state index contributed by atoms with van der Waals surface area (Å²) in [4.78, 5) is 22.0. The van der Waals surface area contributed by atoms with Gasteiger partial charge in [0.15, 0.2) is 0 Å². The first-order chi connectivity index (χ1) is 14.3. The number of carbonyl (C=O) groups is 1. The van der Waals surface area contributed by atoms with E-state index in [2.05, 4.69) is 15.8 Å². The lowest BCUT2D eigenvalue weighted by Crippen LogP contribution is -2.53. The Morgan fingerprint density at radius 2 is 1.97 bits per heavy atom. The van der Waals surface area contributed by atoms with Gasteiger partial charge < -0.3 is 9.80 Å². The third-order valence-electron chi connectivity index (χ3n) is 6.14. The van der Waals surface area contributed by atoms with Crippen LogP contribution in [0.1, 0.15) is 30.0 Å². The molecular formula is C23H28FN3O2S. The second-order valence-corrected chi connectivity index (χ2v) is 11.1. The van der Waals surface area contributed by atoms with E-state index >= 15 is 0 Å². The van der Waals surface area contributed by atoms with Crippen molar-refractivity contribution < 1.29 is 13.4 Å². The monoisotopic (exact) mass is 429 g/mol. The van der Waals surface area contributed by atoms with E-state index in [9.17, 15) is 13.4 Å². The third-order valence-corrected chi connectivity index (χ3v) is 8.10. The van der Waals surface area contributed by atoms with Gasteiger partial charge in [-0.15, -0.1) is 0 Å². The highest BCUT2D eigenvalue weighted by Gasteiger charge is 2.36. The maximum Gasteiger partial charge on any atom is 0.226 e. The van der Waals surface area contributed by atoms with Crippen molar-refractivity contribution in [2.45, 2.75) is 25.8 Å².